The van der Waals surface area contributed by atoms with Crippen molar-refractivity contribution in [3.8, 4) is 5.88 Å². The summed E-state index contributed by atoms with van der Waals surface area (Å²) >= 11 is 0. The molecule has 8 heteroatoms. The van der Waals surface area contributed by atoms with E-state index in [1.165, 1.54) is 49.8 Å². The highest BCUT2D eigenvalue weighted by molar-refractivity contribution is 7.91. The van der Waals surface area contributed by atoms with Crippen molar-refractivity contribution in [3.05, 3.63) is 53.1 Å². The molecule has 7 nitrogen and oxygen atoms in total. The maximum atomic E-state index is 12.6. The van der Waals surface area contributed by atoms with Gasteiger partial charge in [-0.1, -0.05) is 0 Å². The number of rotatable bonds is 3. The van der Waals surface area contributed by atoms with E-state index in [0.717, 1.165) is 0 Å². The van der Waals surface area contributed by atoms with Crippen molar-refractivity contribution in [1.29, 1.82) is 0 Å². The Balaban J connectivity index is 2.14. The summed E-state index contributed by atoms with van der Waals surface area (Å²) in [6.45, 7) is 0. The molecule has 0 saturated carbocycles. The summed E-state index contributed by atoms with van der Waals surface area (Å²) in [6.07, 6.45) is 2.64. The number of nitrogens with one attached hydrogen (secondary N) is 1. The molecule has 0 aliphatic heterocycles. The van der Waals surface area contributed by atoms with Gasteiger partial charge in [0.05, 0.1) is 28.5 Å². The molecule has 2 heterocycles. The van der Waals surface area contributed by atoms with E-state index in [-0.39, 0.29) is 15.4 Å². The SMILES string of the molecule is COc1ccc(S(=O)(=O)c2ccc3c(=O)[nH]ncc3c2)cn1. The largest absolute Gasteiger partial charge is 0.481 e. The predicted molar refractivity (Wildman–Crippen MR) is 78.6 cm³/mol. The minimum Gasteiger partial charge on any atom is -0.481 e. The van der Waals surface area contributed by atoms with Crippen molar-refractivity contribution in [2.24, 2.45) is 0 Å². The molecular formula is C14H11N3O4S. The lowest BCUT2D eigenvalue weighted by atomic mass is 10.2. The molecule has 0 bridgehead atoms. The Morgan fingerprint density at radius 1 is 1.09 bits per heavy atom. The van der Waals surface area contributed by atoms with Gasteiger partial charge in [0.15, 0.2) is 0 Å². The number of aromatic amines is 1. The molecular weight excluding hydrogens is 306 g/mol. The van der Waals surface area contributed by atoms with Gasteiger partial charge in [-0.25, -0.2) is 18.5 Å². The number of pyridine rings is 1. The van der Waals surface area contributed by atoms with Gasteiger partial charge in [0.1, 0.15) is 0 Å². The van der Waals surface area contributed by atoms with Gasteiger partial charge in [-0.2, -0.15) is 5.10 Å². The molecule has 0 aliphatic rings. The Kier molecular flexibility index (Phi) is 3.38. The maximum Gasteiger partial charge on any atom is 0.272 e. The third kappa shape index (κ3) is 2.33. The summed E-state index contributed by atoms with van der Waals surface area (Å²) in [4.78, 5) is 15.6. The fourth-order valence-corrected chi connectivity index (χ4v) is 3.26. The van der Waals surface area contributed by atoms with Crippen molar-refractivity contribution < 1.29 is 13.2 Å². The van der Waals surface area contributed by atoms with E-state index >= 15 is 0 Å². The molecule has 22 heavy (non-hydrogen) atoms. The first kappa shape index (κ1) is 14.2. The smallest absolute Gasteiger partial charge is 0.272 e. The number of H-pyrrole nitrogens is 1. The summed E-state index contributed by atoms with van der Waals surface area (Å²) in [7, 11) is -2.28. The zero-order chi connectivity index (χ0) is 15.7. The first-order valence-corrected chi connectivity index (χ1v) is 7.73. The lowest BCUT2D eigenvalue weighted by Gasteiger charge is -2.06. The molecule has 0 amide bonds. The summed E-state index contributed by atoms with van der Waals surface area (Å²) in [5.41, 5.74) is -0.368. The van der Waals surface area contributed by atoms with Crippen LogP contribution >= 0.6 is 0 Å². The van der Waals surface area contributed by atoms with Crippen LogP contribution < -0.4 is 10.3 Å². The Hall–Kier alpha value is -2.74. The van der Waals surface area contributed by atoms with Crippen molar-refractivity contribution in [2.45, 2.75) is 9.79 Å². The van der Waals surface area contributed by atoms with Gasteiger partial charge in [-0.05, 0) is 24.3 Å². The molecule has 0 radical (unpaired) electrons. The van der Waals surface area contributed by atoms with Crippen LogP contribution in [0.3, 0.4) is 0 Å². The van der Waals surface area contributed by atoms with Crippen LogP contribution in [0, 0.1) is 0 Å². The number of hydrogen-bond acceptors (Lipinski definition) is 6. The van der Waals surface area contributed by atoms with Crippen LogP contribution in [0.15, 0.2) is 57.3 Å². The molecule has 1 N–H and O–H groups in total. The van der Waals surface area contributed by atoms with Crippen LogP contribution in [0.4, 0.5) is 0 Å². The van der Waals surface area contributed by atoms with E-state index in [1.54, 1.807) is 0 Å². The molecule has 2 aromatic heterocycles. The molecule has 0 unspecified atom stereocenters. The summed E-state index contributed by atoms with van der Waals surface area (Å²) in [5.74, 6) is 0.327. The molecule has 3 aromatic rings. The van der Waals surface area contributed by atoms with E-state index in [4.69, 9.17) is 4.74 Å². The van der Waals surface area contributed by atoms with Gasteiger partial charge in [0.2, 0.25) is 15.7 Å². The molecule has 0 atom stereocenters. The average Bonchev–Trinajstić information content (AvgIpc) is 2.55. The van der Waals surface area contributed by atoms with Crippen LogP contribution in [-0.2, 0) is 9.84 Å². The quantitative estimate of drug-likeness (QED) is 0.777. The number of aromatic nitrogens is 3. The van der Waals surface area contributed by atoms with Crippen LogP contribution in [0.5, 0.6) is 5.88 Å². The Morgan fingerprint density at radius 2 is 1.86 bits per heavy atom. The second kappa shape index (κ2) is 5.23. The lowest BCUT2D eigenvalue weighted by Crippen LogP contribution is -2.08. The molecule has 3 rings (SSSR count). The minimum absolute atomic E-state index is 0.0467. The van der Waals surface area contributed by atoms with Gasteiger partial charge in [0.25, 0.3) is 5.56 Å². The highest BCUT2D eigenvalue weighted by Gasteiger charge is 2.19. The zero-order valence-corrected chi connectivity index (χ0v) is 12.3. The molecule has 0 fully saturated rings. The van der Waals surface area contributed by atoms with Gasteiger partial charge in [-0.3, -0.25) is 4.79 Å². The highest BCUT2D eigenvalue weighted by Crippen LogP contribution is 2.23. The fourth-order valence-electron chi connectivity index (χ4n) is 2.02. The second-order valence-corrected chi connectivity index (χ2v) is 6.44. The molecule has 1 aromatic carbocycles. The van der Waals surface area contributed by atoms with E-state index in [2.05, 4.69) is 15.2 Å². The topological polar surface area (TPSA) is 102 Å². The number of hydrogen-bond donors (Lipinski definition) is 1. The Labute approximate surface area is 125 Å². The Morgan fingerprint density at radius 3 is 2.55 bits per heavy atom. The fraction of sp³-hybridized carbons (Fsp3) is 0.0714. The highest BCUT2D eigenvalue weighted by atomic mass is 32.2. The van der Waals surface area contributed by atoms with Gasteiger partial charge in [-0.15, -0.1) is 0 Å². The third-order valence-corrected chi connectivity index (χ3v) is 4.91. The molecule has 0 spiro atoms. The van der Waals surface area contributed by atoms with E-state index < -0.39 is 9.84 Å². The van der Waals surface area contributed by atoms with Crippen LogP contribution in [0.1, 0.15) is 0 Å². The first-order chi connectivity index (χ1) is 10.5. The van der Waals surface area contributed by atoms with Gasteiger partial charge >= 0.3 is 0 Å². The number of fused-ring (bicyclic) bond motifs is 1. The zero-order valence-electron chi connectivity index (χ0n) is 11.5. The van der Waals surface area contributed by atoms with E-state index in [0.29, 0.717) is 16.7 Å². The number of methoxy groups -OCH3 is 1. The normalized spacial score (nSPS) is 11.5. The van der Waals surface area contributed by atoms with E-state index in [9.17, 15) is 13.2 Å². The van der Waals surface area contributed by atoms with Crippen molar-refractivity contribution >= 4 is 20.6 Å². The lowest BCUT2D eigenvalue weighted by molar-refractivity contribution is 0.397. The second-order valence-electron chi connectivity index (χ2n) is 4.49. The van der Waals surface area contributed by atoms with Crippen LogP contribution in [0.2, 0.25) is 0 Å². The third-order valence-electron chi connectivity index (χ3n) is 3.18. The summed E-state index contributed by atoms with van der Waals surface area (Å²) < 4.78 is 30.1. The van der Waals surface area contributed by atoms with Crippen LogP contribution in [0.25, 0.3) is 10.8 Å². The average molecular weight is 317 g/mol. The van der Waals surface area contributed by atoms with Crippen molar-refractivity contribution in [1.82, 2.24) is 15.2 Å². The first-order valence-electron chi connectivity index (χ1n) is 6.25. The number of sulfone groups is 1. The minimum atomic E-state index is -3.73. The molecule has 112 valence electrons. The van der Waals surface area contributed by atoms with E-state index in [1.807, 2.05) is 0 Å². The van der Waals surface area contributed by atoms with Crippen molar-refractivity contribution in [3.63, 3.8) is 0 Å². The standard InChI is InChI=1S/C14H11N3O4S/c1-21-13-5-3-11(8-15-13)22(19,20)10-2-4-12-9(6-10)7-16-17-14(12)18/h2-8H,1H3,(H,17,18). The number of benzene rings is 1. The van der Waals surface area contributed by atoms with Gasteiger partial charge < -0.3 is 4.74 Å². The van der Waals surface area contributed by atoms with Crippen LogP contribution in [-0.4, -0.2) is 30.7 Å². The molecule has 0 aliphatic carbocycles. The summed E-state index contributed by atoms with van der Waals surface area (Å²) in [5, 5.41) is 6.79. The number of nitrogens with zero attached hydrogens (tertiary/aromatic N) is 2. The predicted octanol–water partition coefficient (Wildman–Crippen LogP) is 1.16. The molecule has 0 saturated heterocycles. The number of ether oxygens (including phenoxy) is 1. The summed E-state index contributed by atoms with van der Waals surface area (Å²) in [6, 6.07) is 7.15. The Bertz CT molecular complexity index is 995. The monoisotopic (exact) mass is 317 g/mol. The van der Waals surface area contributed by atoms with Crippen molar-refractivity contribution in [2.75, 3.05) is 7.11 Å². The van der Waals surface area contributed by atoms with Gasteiger partial charge in [0, 0.05) is 17.6 Å². The maximum absolute atomic E-state index is 12.6.